The highest BCUT2D eigenvalue weighted by Crippen LogP contribution is 2.24. The van der Waals surface area contributed by atoms with Crippen LogP contribution >= 0.6 is 0 Å². The summed E-state index contributed by atoms with van der Waals surface area (Å²) in [6.45, 7) is 3.18. The third kappa shape index (κ3) is 5.56. The monoisotopic (exact) mass is 415 g/mol. The Bertz CT molecular complexity index is 726. The third-order valence-electron chi connectivity index (χ3n) is 4.10. The van der Waals surface area contributed by atoms with E-state index in [0.717, 1.165) is 0 Å². The number of carbonyl (C=O) groups is 6. The third-order valence-corrected chi connectivity index (χ3v) is 4.10. The van der Waals surface area contributed by atoms with E-state index in [2.05, 4.69) is 15.5 Å². The molecule has 2 aliphatic heterocycles. The number of nitrogens with one attached hydrogen (secondary N) is 3. The van der Waals surface area contributed by atoms with Crippen LogP contribution in [0.5, 0.6) is 0 Å². The molecule has 0 radical (unpaired) electrons. The van der Waals surface area contributed by atoms with Gasteiger partial charge in [-0.3, -0.25) is 50.6 Å². The van der Waals surface area contributed by atoms with E-state index in [1.807, 2.05) is 5.32 Å². The van der Waals surface area contributed by atoms with Gasteiger partial charge in [0.25, 0.3) is 17.5 Å². The van der Waals surface area contributed by atoms with Crippen LogP contribution in [0.2, 0.25) is 0 Å². The summed E-state index contributed by atoms with van der Waals surface area (Å²) < 4.78 is 9.71. The number of nitrogens with two attached hydrogens (primary N) is 1. The van der Waals surface area contributed by atoms with Crippen LogP contribution < -0.4 is 21.8 Å². The molecule has 4 amide bonds. The van der Waals surface area contributed by atoms with E-state index in [9.17, 15) is 28.8 Å². The number of hydrogen-bond acceptors (Lipinski definition) is 11. The predicted molar refractivity (Wildman–Crippen MR) is 94.8 cm³/mol. The molecule has 0 aliphatic carbocycles. The molecule has 2 unspecified atom stereocenters. The van der Waals surface area contributed by atoms with Gasteiger partial charge in [-0.2, -0.15) is 5.01 Å². The van der Waals surface area contributed by atoms with Crippen molar-refractivity contribution in [2.24, 2.45) is 5.73 Å². The van der Waals surface area contributed by atoms with Crippen molar-refractivity contribution in [3.8, 4) is 0 Å². The summed E-state index contributed by atoms with van der Waals surface area (Å²) >= 11 is 0. The SMILES string of the molecule is CCC(=O)OC1(N(C)NC)CC(=O)NC1=O.CCC(=O)OC1(N)CC(=O)NC1=O. The first-order chi connectivity index (χ1) is 13.4. The fourth-order valence-corrected chi connectivity index (χ4v) is 2.38. The summed E-state index contributed by atoms with van der Waals surface area (Å²) in [5.74, 6) is -3.53. The summed E-state index contributed by atoms with van der Waals surface area (Å²) in [6.07, 6.45) is -0.256. The molecule has 0 spiro atoms. The van der Waals surface area contributed by atoms with Crippen molar-refractivity contribution in [3.05, 3.63) is 0 Å². The number of ether oxygens (including phenoxy) is 2. The van der Waals surface area contributed by atoms with Gasteiger partial charge in [0.1, 0.15) is 0 Å². The lowest BCUT2D eigenvalue weighted by molar-refractivity contribution is -0.191. The van der Waals surface area contributed by atoms with Crippen molar-refractivity contribution in [1.29, 1.82) is 0 Å². The van der Waals surface area contributed by atoms with Crippen LogP contribution in [0.25, 0.3) is 0 Å². The number of likely N-dealkylation sites (N-methyl/N-ethyl adjacent to an activating group) is 1. The Morgan fingerprint density at radius 1 is 1.00 bits per heavy atom. The molecule has 2 saturated heterocycles. The second-order valence-corrected chi connectivity index (χ2v) is 6.22. The standard InChI is InChI=1S/C9H15N3O4.C7H10N2O4/c1-4-7(14)16-9(12(3)10-2)5-6(13)11-8(9)15;1-2-5(11)13-7(8)3-4(10)9-6(7)12/h10H,4-5H2,1-3H3,(H,11,13,15);2-3,8H2,1H3,(H,9,10,12). The highest BCUT2D eigenvalue weighted by Gasteiger charge is 2.53. The predicted octanol–water partition coefficient (Wildman–Crippen LogP) is -2.61. The Labute approximate surface area is 166 Å². The average Bonchev–Trinajstić information content (AvgIpc) is 3.08. The molecule has 0 aromatic carbocycles. The molecular weight excluding hydrogens is 390 g/mol. The fourth-order valence-electron chi connectivity index (χ4n) is 2.38. The zero-order valence-electron chi connectivity index (χ0n) is 16.6. The number of nitrogens with zero attached hydrogens (tertiary/aromatic N) is 1. The number of imide groups is 2. The van der Waals surface area contributed by atoms with E-state index in [0.29, 0.717) is 0 Å². The molecule has 0 saturated carbocycles. The first-order valence-electron chi connectivity index (χ1n) is 8.76. The summed E-state index contributed by atoms with van der Waals surface area (Å²) in [5.41, 5.74) is 4.69. The first kappa shape index (κ1) is 24.1. The van der Waals surface area contributed by atoms with E-state index in [-0.39, 0.29) is 25.7 Å². The lowest BCUT2D eigenvalue weighted by atomic mass is 10.1. The van der Waals surface area contributed by atoms with E-state index in [1.54, 1.807) is 20.9 Å². The van der Waals surface area contributed by atoms with Gasteiger partial charge in [0.05, 0.1) is 12.8 Å². The molecule has 0 aromatic rings. The van der Waals surface area contributed by atoms with Crippen molar-refractivity contribution in [1.82, 2.24) is 21.1 Å². The molecule has 29 heavy (non-hydrogen) atoms. The number of carbonyl (C=O) groups excluding carboxylic acids is 6. The second kappa shape index (κ2) is 9.54. The summed E-state index contributed by atoms with van der Waals surface area (Å²) in [7, 11) is 3.10. The highest BCUT2D eigenvalue weighted by molar-refractivity contribution is 6.08. The molecule has 2 heterocycles. The molecule has 2 fully saturated rings. The largest absolute Gasteiger partial charge is 0.434 e. The Balaban J connectivity index is 0.000000296. The maximum absolute atomic E-state index is 11.7. The minimum absolute atomic E-state index is 0.112. The number of amides is 4. The summed E-state index contributed by atoms with van der Waals surface area (Å²) in [6, 6.07) is 0. The van der Waals surface area contributed by atoms with Gasteiger partial charge in [0, 0.05) is 19.9 Å². The maximum Gasteiger partial charge on any atom is 0.307 e. The Morgan fingerprint density at radius 3 is 1.86 bits per heavy atom. The molecule has 2 atom stereocenters. The van der Waals surface area contributed by atoms with E-state index in [1.165, 1.54) is 12.1 Å². The van der Waals surface area contributed by atoms with Gasteiger partial charge in [-0.25, -0.2) is 0 Å². The molecule has 2 rings (SSSR count). The first-order valence-corrected chi connectivity index (χ1v) is 8.76. The molecule has 0 aromatic heterocycles. The van der Waals surface area contributed by atoms with Crippen molar-refractivity contribution >= 4 is 35.6 Å². The van der Waals surface area contributed by atoms with Gasteiger partial charge in [0.2, 0.25) is 17.5 Å². The second-order valence-electron chi connectivity index (χ2n) is 6.22. The zero-order chi connectivity index (χ0) is 22.4. The summed E-state index contributed by atoms with van der Waals surface area (Å²) in [4.78, 5) is 66.7. The van der Waals surface area contributed by atoms with Gasteiger partial charge in [-0.15, -0.1) is 0 Å². The van der Waals surface area contributed by atoms with Crippen LogP contribution in [0.1, 0.15) is 39.5 Å². The molecule has 0 bridgehead atoms. The molecular formula is C16H25N5O8. The zero-order valence-corrected chi connectivity index (χ0v) is 16.6. The maximum atomic E-state index is 11.7. The molecule has 5 N–H and O–H groups in total. The fraction of sp³-hybridized carbons (Fsp3) is 0.625. The van der Waals surface area contributed by atoms with E-state index >= 15 is 0 Å². The Morgan fingerprint density at radius 2 is 1.48 bits per heavy atom. The van der Waals surface area contributed by atoms with Crippen LogP contribution in [-0.2, 0) is 38.2 Å². The van der Waals surface area contributed by atoms with Crippen molar-refractivity contribution in [2.45, 2.75) is 51.0 Å². The van der Waals surface area contributed by atoms with Gasteiger partial charge >= 0.3 is 11.9 Å². The minimum Gasteiger partial charge on any atom is -0.434 e. The van der Waals surface area contributed by atoms with Crippen LogP contribution in [0.3, 0.4) is 0 Å². The van der Waals surface area contributed by atoms with Gasteiger partial charge < -0.3 is 9.47 Å². The minimum atomic E-state index is -1.80. The lowest BCUT2D eigenvalue weighted by Crippen LogP contribution is -2.59. The topological polar surface area (TPSA) is 186 Å². The highest BCUT2D eigenvalue weighted by atomic mass is 16.6. The lowest BCUT2D eigenvalue weighted by Gasteiger charge is -2.33. The Hall–Kier alpha value is -2.90. The van der Waals surface area contributed by atoms with E-state index < -0.39 is 47.0 Å². The van der Waals surface area contributed by atoms with Gasteiger partial charge in [0.15, 0.2) is 0 Å². The number of hydrogen-bond donors (Lipinski definition) is 4. The van der Waals surface area contributed by atoms with Crippen LogP contribution in [0.15, 0.2) is 0 Å². The molecule has 162 valence electrons. The molecule has 13 heteroatoms. The normalized spacial score (nSPS) is 25.9. The molecule has 2 aliphatic rings. The van der Waals surface area contributed by atoms with E-state index in [4.69, 9.17) is 10.5 Å². The number of rotatable bonds is 6. The molecule has 13 nitrogen and oxygen atoms in total. The number of hydrazine groups is 1. The van der Waals surface area contributed by atoms with Crippen molar-refractivity contribution < 1.29 is 38.2 Å². The summed E-state index contributed by atoms with van der Waals surface area (Å²) in [5, 5.41) is 5.38. The Kier molecular flexibility index (Phi) is 7.94. The average molecular weight is 415 g/mol. The number of esters is 2. The van der Waals surface area contributed by atoms with Gasteiger partial charge in [-0.1, -0.05) is 13.8 Å². The van der Waals surface area contributed by atoms with Crippen molar-refractivity contribution in [3.63, 3.8) is 0 Å². The smallest absolute Gasteiger partial charge is 0.307 e. The van der Waals surface area contributed by atoms with Gasteiger partial charge in [-0.05, 0) is 7.05 Å². The van der Waals surface area contributed by atoms with Crippen LogP contribution in [0.4, 0.5) is 0 Å². The van der Waals surface area contributed by atoms with Crippen LogP contribution in [0, 0.1) is 0 Å². The quantitative estimate of drug-likeness (QED) is 0.154. The van der Waals surface area contributed by atoms with Crippen LogP contribution in [-0.4, -0.2) is 66.1 Å². The van der Waals surface area contributed by atoms with Crippen molar-refractivity contribution in [2.75, 3.05) is 14.1 Å².